The van der Waals surface area contributed by atoms with Crippen molar-refractivity contribution in [2.24, 2.45) is 0 Å². The van der Waals surface area contributed by atoms with Crippen molar-refractivity contribution in [1.29, 1.82) is 0 Å². The standard InChI is InChI=1S/C21H27N3O3/c1-5-27-21(26)18-14(2)19(22-15(18)3)20(25)24-12-11-23(4)13-17(24)16-9-7-6-8-10-16/h6-10,17,22H,5,11-13H2,1-4H3. The smallest absolute Gasteiger partial charge is 0.340 e. The minimum absolute atomic E-state index is 0.0218. The highest BCUT2D eigenvalue weighted by molar-refractivity contribution is 6.00. The molecule has 6 heteroatoms. The number of benzene rings is 1. The van der Waals surface area contributed by atoms with Crippen molar-refractivity contribution >= 4 is 11.9 Å². The number of amides is 1. The number of carbonyl (C=O) groups excluding carboxylic acids is 2. The number of likely N-dealkylation sites (N-methyl/N-ethyl adjacent to an activating group) is 1. The van der Waals surface area contributed by atoms with Crippen LogP contribution in [0.3, 0.4) is 0 Å². The zero-order valence-corrected chi connectivity index (χ0v) is 16.4. The van der Waals surface area contributed by atoms with Crippen LogP contribution in [0.25, 0.3) is 0 Å². The van der Waals surface area contributed by atoms with Gasteiger partial charge in [-0.2, -0.15) is 0 Å². The molecule has 1 aromatic heterocycles. The van der Waals surface area contributed by atoms with Gasteiger partial charge in [0, 0.05) is 25.3 Å². The Morgan fingerprint density at radius 3 is 2.56 bits per heavy atom. The average molecular weight is 369 g/mol. The number of nitrogens with zero attached hydrogens (tertiary/aromatic N) is 2. The Morgan fingerprint density at radius 2 is 1.89 bits per heavy atom. The van der Waals surface area contributed by atoms with Gasteiger partial charge in [0.05, 0.1) is 18.2 Å². The quantitative estimate of drug-likeness (QED) is 0.842. The lowest BCUT2D eigenvalue weighted by Gasteiger charge is -2.40. The Bertz CT molecular complexity index is 829. The van der Waals surface area contributed by atoms with Crippen LogP contribution in [0.5, 0.6) is 0 Å². The lowest BCUT2D eigenvalue weighted by Crippen LogP contribution is -2.49. The molecule has 1 fully saturated rings. The third-order valence-electron chi connectivity index (χ3n) is 5.16. The zero-order valence-electron chi connectivity index (χ0n) is 16.4. The summed E-state index contributed by atoms with van der Waals surface area (Å²) in [5, 5.41) is 0. The average Bonchev–Trinajstić information content (AvgIpc) is 2.96. The lowest BCUT2D eigenvalue weighted by atomic mass is 10.0. The molecule has 1 aliphatic rings. The summed E-state index contributed by atoms with van der Waals surface area (Å²) in [7, 11) is 2.07. The summed E-state index contributed by atoms with van der Waals surface area (Å²) in [6.07, 6.45) is 0. The van der Waals surface area contributed by atoms with E-state index in [4.69, 9.17) is 4.74 Å². The minimum atomic E-state index is -0.388. The molecule has 1 unspecified atom stereocenters. The van der Waals surface area contributed by atoms with E-state index >= 15 is 0 Å². The van der Waals surface area contributed by atoms with Gasteiger partial charge >= 0.3 is 5.97 Å². The molecule has 2 aromatic rings. The predicted molar refractivity (Wildman–Crippen MR) is 104 cm³/mol. The van der Waals surface area contributed by atoms with Gasteiger partial charge in [-0.15, -0.1) is 0 Å². The first-order valence-corrected chi connectivity index (χ1v) is 9.34. The maximum absolute atomic E-state index is 13.4. The highest BCUT2D eigenvalue weighted by Gasteiger charge is 2.33. The van der Waals surface area contributed by atoms with E-state index in [9.17, 15) is 9.59 Å². The van der Waals surface area contributed by atoms with E-state index in [2.05, 4.69) is 29.1 Å². The largest absolute Gasteiger partial charge is 0.462 e. The Kier molecular flexibility index (Phi) is 5.65. The fraction of sp³-hybridized carbons (Fsp3) is 0.429. The van der Waals surface area contributed by atoms with E-state index < -0.39 is 0 Å². The van der Waals surface area contributed by atoms with E-state index in [1.807, 2.05) is 23.1 Å². The number of nitrogens with one attached hydrogen (secondary N) is 1. The van der Waals surface area contributed by atoms with Crippen molar-refractivity contribution in [3.8, 4) is 0 Å². The van der Waals surface area contributed by atoms with Crippen LogP contribution in [0, 0.1) is 13.8 Å². The highest BCUT2D eigenvalue weighted by atomic mass is 16.5. The fourth-order valence-corrected chi connectivity index (χ4v) is 3.74. The molecular formula is C21H27N3O3. The summed E-state index contributed by atoms with van der Waals surface area (Å²) in [4.78, 5) is 32.9. The van der Waals surface area contributed by atoms with Crippen LogP contribution < -0.4 is 0 Å². The highest BCUT2D eigenvalue weighted by Crippen LogP contribution is 2.28. The van der Waals surface area contributed by atoms with Gasteiger partial charge in [0.15, 0.2) is 0 Å². The normalized spacial score (nSPS) is 17.8. The number of H-pyrrole nitrogens is 1. The van der Waals surface area contributed by atoms with Crippen molar-refractivity contribution in [2.75, 3.05) is 33.3 Å². The molecule has 0 bridgehead atoms. The zero-order chi connectivity index (χ0) is 19.6. The molecule has 1 aromatic carbocycles. The number of ether oxygens (including phenoxy) is 1. The number of piperazine rings is 1. The third kappa shape index (κ3) is 3.76. The molecule has 0 spiro atoms. The van der Waals surface area contributed by atoms with Gasteiger partial charge in [0.1, 0.15) is 5.69 Å². The molecule has 3 rings (SSSR count). The second-order valence-corrected chi connectivity index (χ2v) is 7.03. The van der Waals surface area contributed by atoms with Crippen molar-refractivity contribution in [2.45, 2.75) is 26.8 Å². The van der Waals surface area contributed by atoms with Crippen molar-refractivity contribution in [1.82, 2.24) is 14.8 Å². The molecule has 144 valence electrons. The molecule has 1 amide bonds. The predicted octanol–water partition coefficient (Wildman–Crippen LogP) is 2.94. The number of aryl methyl sites for hydroxylation is 1. The second-order valence-electron chi connectivity index (χ2n) is 7.03. The van der Waals surface area contributed by atoms with Gasteiger partial charge in [-0.3, -0.25) is 4.79 Å². The number of rotatable bonds is 4. The molecule has 0 saturated carbocycles. The van der Waals surface area contributed by atoms with E-state index in [0.717, 1.165) is 18.7 Å². The molecule has 1 aliphatic heterocycles. The van der Waals surface area contributed by atoms with Gasteiger partial charge in [-0.1, -0.05) is 30.3 Å². The van der Waals surface area contributed by atoms with Gasteiger partial charge in [0.25, 0.3) is 5.91 Å². The van der Waals surface area contributed by atoms with Crippen LogP contribution in [0.15, 0.2) is 30.3 Å². The third-order valence-corrected chi connectivity index (χ3v) is 5.16. The van der Waals surface area contributed by atoms with Gasteiger partial charge < -0.3 is 19.5 Å². The maximum Gasteiger partial charge on any atom is 0.340 e. The Labute approximate surface area is 160 Å². The topological polar surface area (TPSA) is 65.6 Å². The van der Waals surface area contributed by atoms with Crippen LogP contribution in [-0.4, -0.2) is 59.9 Å². The van der Waals surface area contributed by atoms with Gasteiger partial charge in [-0.05, 0) is 38.9 Å². The number of aromatic amines is 1. The first-order valence-electron chi connectivity index (χ1n) is 9.34. The molecule has 1 atom stereocenters. The number of carbonyl (C=O) groups is 2. The molecule has 2 heterocycles. The van der Waals surface area contributed by atoms with Crippen LogP contribution >= 0.6 is 0 Å². The lowest BCUT2D eigenvalue weighted by molar-refractivity contribution is 0.0492. The SMILES string of the molecule is CCOC(=O)c1c(C)[nH]c(C(=O)N2CCN(C)CC2c2ccccc2)c1C. The van der Waals surface area contributed by atoms with Gasteiger partial charge in [0.2, 0.25) is 0 Å². The maximum atomic E-state index is 13.4. The molecule has 0 aliphatic carbocycles. The molecule has 1 saturated heterocycles. The van der Waals surface area contributed by atoms with Crippen LogP contribution in [0.1, 0.15) is 50.6 Å². The van der Waals surface area contributed by atoms with Crippen LogP contribution in [-0.2, 0) is 4.74 Å². The van der Waals surface area contributed by atoms with Crippen molar-refractivity contribution in [3.63, 3.8) is 0 Å². The number of aromatic nitrogens is 1. The molecule has 27 heavy (non-hydrogen) atoms. The number of hydrogen-bond donors (Lipinski definition) is 1. The number of esters is 1. The van der Waals surface area contributed by atoms with Crippen LogP contribution in [0.2, 0.25) is 0 Å². The molecule has 0 radical (unpaired) electrons. The summed E-state index contributed by atoms with van der Waals surface area (Å²) < 4.78 is 5.14. The van der Waals surface area contributed by atoms with Crippen molar-refractivity contribution < 1.29 is 14.3 Å². The molecular weight excluding hydrogens is 342 g/mol. The summed E-state index contributed by atoms with van der Waals surface area (Å²) in [6.45, 7) is 7.92. The van der Waals surface area contributed by atoms with E-state index in [1.165, 1.54) is 0 Å². The van der Waals surface area contributed by atoms with E-state index in [1.54, 1.807) is 20.8 Å². The Balaban J connectivity index is 1.94. The molecule has 6 nitrogen and oxygen atoms in total. The van der Waals surface area contributed by atoms with Gasteiger partial charge in [-0.25, -0.2) is 4.79 Å². The summed E-state index contributed by atoms with van der Waals surface area (Å²) in [5.74, 6) is -0.464. The minimum Gasteiger partial charge on any atom is -0.462 e. The summed E-state index contributed by atoms with van der Waals surface area (Å²) in [6, 6.07) is 10.1. The van der Waals surface area contributed by atoms with Crippen LogP contribution in [0.4, 0.5) is 0 Å². The number of hydrogen-bond acceptors (Lipinski definition) is 4. The summed E-state index contributed by atoms with van der Waals surface area (Å²) >= 11 is 0. The Morgan fingerprint density at radius 1 is 1.19 bits per heavy atom. The monoisotopic (exact) mass is 369 g/mol. The molecule has 1 N–H and O–H groups in total. The van der Waals surface area contributed by atoms with Crippen molar-refractivity contribution in [3.05, 3.63) is 58.4 Å². The first kappa shape index (κ1) is 19.2. The second kappa shape index (κ2) is 7.96. The summed E-state index contributed by atoms with van der Waals surface area (Å²) in [5.41, 5.74) is 3.37. The fourth-order valence-electron chi connectivity index (χ4n) is 3.74. The Hall–Kier alpha value is -2.60. The van der Waals surface area contributed by atoms with E-state index in [0.29, 0.717) is 35.7 Å². The first-order chi connectivity index (χ1) is 12.9. The van der Waals surface area contributed by atoms with E-state index in [-0.39, 0.29) is 17.9 Å².